The lowest BCUT2D eigenvalue weighted by Gasteiger charge is -2.42. The van der Waals surface area contributed by atoms with E-state index in [0.717, 1.165) is 17.0 Å². The standard InChI is InChI=1S/C33H39F2N5O6S2/c1-6-46-27-19-23(26(35)20-24(27)32(2,3)4)30(41)40(21-29-36-15-18-47-29)33(13-9-17-45-5,22-39-16-10-14-37-39)31(42)38-48(43,44)28-12-8-7-11-25(28)34/h7-8,10-12,14-16,18-20H,6,9,13,17,21-22H2,1-5H3,(H,38,42). The van der Waals surface area contributed by atoms with Gasteiger partial charge in [0, 0.05) is 43.3 Å². The maximum absolute atomic E-state index is 16.1. The van der Waals surface area contributed by atoms with Gasteiger partial charge in [-0.3, -0.25) is 14.3 Å². The highest BCUT2D eigenvalue weighted by Crippen LogP contribution is 2.36. The summed E-state index contributed by atoms with van der Waals surface area (Å²) in [6.07, 6.45) is 4.53. The molecular formula is C33H39F2N5O6S2. The third kappa shape index (κ3) is 8.25. The molecule has 48 heavy (non-hydrogen) atoms. The van der Waals surface area contributed by atoms with Crippen LogP contribution in [0.5, 0.6) is 5.75 Å². The van der Waals surface area contributed by atoms with Crippen LogP contribution in [0.1, 0.15) is 61.5 Å². The van der Waals surface area contributed by atoms with Crippen LogP contribution in [0.3, 0.4) is 0 Å². The molecular weight excluding hydrogens is 665 g/mol. The molecule has 0 bridgehead atoms. The molecule has 2 heterocycles. The molecule has 0 saturated heterocycles. The number of nitrogens with zero attached hydrogens (tertiary/aromatic N) is 4. The van der Waals surface area contributed by atoms with Gasteiger partial charge in [0.05, 0.1) is 25.3 Å². The van der Waals surface area contributed by atoms with E-state index in [9.17, 15) is 22.4 Å². The Balaban J connectivity index is 1.96. The van der Waals surface area contributed by atoms with E-state index in [2.05, 4.69) is 10.1 Å². The average molecular weight is 704 g/mol. The maximum atomic E-state index is 16.1. The summed E-state index contributed by atoms with van der Waals surface area (Å²) in [5.74, 6) is -3.73. The second kappa shape index (κ2) is 15.3. The normalized spacial score (nSPS) is 13.1. The minimum atomic E-state index is -4.79. The van der Waals surface area contributed by atoms with Crippen LogP contribution in [-0.2, 0) is 38.1 Å². The van der Waals surface area contributed by atoms with E-state index in [1.807, 2.05) is 25.5 Å². The lowest BCUT2D eigenvalue weighted by molar-refractivity contribution is -0.132. The monoisotopic (exact) mass is 703 g/mol. The Hall–Kier alpha value is -4.21. The quantitative estimate of drug-likeness (QED) is 0.165. The first-order valence-corrected chi connectivity index (χ1v) is 17.5. The SMILES string of the molecule is CCOc1cc(C(=O)N(Cc2nccs2)C(CCCOC)(Cn2cccn2)C(=O)NS(=O)(=O)c2ccccc2F)c(F)cc1C(C)(C)C. The van der Waals surface area contributed by atoms with E-state index in [1.165, 1.54) is 59.8 Å². The van der Waals surface area contributed by atoms with Crippen LogP contribution in [0.15, 0.2) is 71.3 Å². The molecule has 1 unspecified atom stereocenters. The number of amides is 2. The number of aromatic nitrogens is 3. The Morgan fingerprint density at radius 2 is 1.83 bits per heavy atom. The van der Waals surface area contributed by atoms with Crippen molar-refractivity contribution in [2.24, 2.45) is 0 Å². The molecule has 2 aromatic heterocycles. The molecule has 0 spiro atoms. The third-order valence-electron chi connectivity index (χ3n) is 7.64. The van der Waals surface area contributed by atoms with Gasteiger partial charge in [0.1, 0.15) is 32.8 Å². The number of hydrogen-bond acceptors (Lipinski definition) is 9. The first-order valence-electron chi connectivity index (χ1n) is 15.2. The average Bonchev–Trinajstić information content (AvgIpc) is 3.74. The predicted octanol–water partition coefficient (Wildman–Crippen LogP) is 5.33. The summed E-state index contributed by atoms with van der Waals surface area (Å²) < 4.78 is 72.4. The zero-order chi connectivity index (χ0) is 35.1. The molecule has 2 amide bonds. The number of ether oxygens (including phenoxy) is 2. The minimum absolute atomic E-state index is 0.136. The fraction of sp³-hybridized carbons (Fsp3) is 0.394. The number of hydrogen-bond donors (Lipinski definition) is 1. The van der Waals surface area contributed by atoms with Gasteiger partial charge in [0.2, 0.25) is 0 Å². The molecule has 0 aliphatic heterocycles. The highest BCUT2D eigenvalue weighted by atomic mass is 32.2. The van der Waals surface area contributed by atoms with Crippen LogP contribution in [0.2, 0.25) is 0 Å². The summed E-state index contributed by atoms with van der Waals surface area (Å²) in [7, 11) is -3.34. The summed E-state index contributed by atoms with van der Waals surface area (Å²) in [4.78, 5) is 34.0. The Morgan fingerprint density at radius 3 is 2.44 bits per heavy atom. The fourth-order valence-electron chi connectivity index (χ4n) is 5.32. The van der Waals surface area contributed by atoms with Crippen molar-refractivity contribution in [3.63, 3.8) is 0 Å². The van der Waals surface area contributed by atoms with Gasteiger partial charge in [-0.15, -0.1) is 11.3 Å². The molecule has 0 radical (unpaired) electrons. The van der Waals surface area contributed by atoms with Gasteiger partial charge in [0.25, 0.3) is 21.8 Å². The second-order valence-corrected chi connectivity index (χ2v) is 14.7. The molecule has 15 heteroatoms. The molecule has 1 atom stereocenters. The number of sulfonamides is 1. The molecule has 0 saturated carbocycles. The van der Waals surface area contributed by atoms with E-state index >= 15 is 4.39 Å². The number of methoxy groups -OCH3 is 1. The van der Waals surface area contributed by atoms with Crippen molar-refractivity contribution in [1.82, 2.24) is 24.4 Å². The Labute approximate surface area is 282 Å². The number of carbonyl (C=O) groups is 2. The number of halogens is 2. The van der Waals surface area contributed by atoms with Crippen LogP contribution < -0.4 is 9.46 Å². The van der Waals surface area contributed by atoms with E-state index in [0.29, 0.717) is 10.6 Å². The first-order chi connectivity index (χ1) is 22.7. The summed E-state index contributed by atoms with van der Waals surface area (Å²) in [6.45, 7) is 7.13. The summed E-state index contributed by atoms with van der Waals surface area (Å²) in [5, 5.41) is 6.30. The lowest BCUT2D eigenvalue weighted by Crippen LogP contribution is -2.63. The highest BCUT2D eigenvalue weighted by Gasteiger charge is 2.49. The van der Waals surface area contributed by atoms with E-state index in [-0.39, 0.29) is 44.9 Å². The van der Waals surface area contributed by atoms with Crippen molar-refractivity contribution in [3.8, 4) is 5.75 Å². The number of thiazole rings is 1. The third-order valence-corrected chi connectivity index (χ3v) is 9.77. The van der Waals surface area contributed by atoms with E-state index in [4.69, 9.17) is 9.47 Å². The fourth-order valence-corrected chi connectivity index (χ4v) is 7.05. The van der Waals surface area contributed by atoms with Gasteiger partial charge < -0.3 is 14.4 Å². The van der Waals surface area contributed by atoms with Gasteiger partial charge in [-0.25, -0.2) is 26.9 Å². The van der Waals surface area contributed by atoms with Crippen LogP contribution in [0.25, 0.3) is 0 Å². The molecule has 0 fully saturated rings. The number of benzene rings is 2. The highest BCUT2D eigenvalue weighted by molar-refractivity contribution is 7.90. The molecule has 4 rings (SSSR count). The molecule has 0 aliphatic rings. The molecule has 4 aromatic rings. The Bertz CT molecular complexity index is 1810. The lowest BCUT2D eigenvalue weighted by atomic mass is 9.85. The van der Waals surface area contributed by atoms with Crippen LogP contribution in [0.4, 0.5) is 8.78 Å². The number of nitrogens with one attached hydrogen (secondary N) is 1. The zero-order valence-electron chi connectivity index (χ0n) is 27.4. The minimum Gasteiger partial charge on any atom is -0.494 e. The Kier molecular flexibility index (Phi) is 11.7. The largest absolute Gasteiger partial charge is 0.494 e. The smallest absolute Gasteiger partial charge is 0.267 e. The summed E-state index contributed by atoms with van der Waals surface area (Å²) in [6, 6.07) is 8.74. The van der Waals surface area contributed by atoms with E-state index in [1.54, 1.807) is 24.6 Å². The molecule has 2 aromatic carbocycles. The van der Waals surface area contributed by atoms with Gasteiger partial charge in [-0.2, -0.15) is 5.10 Å². The van der Waals surface area contributed by atoms with Crippen molar-refractivity contribution >= 4 is 33.2 Å². The van der Waals surface area contributed by atoms with Crippen LogP contribution in [-0.4, -0.2) is 65.8 Å². The second-order valence-electron chi connectivity index (χ2n) is 12.0. The van der Waals surface area contributed by atoms with Gasteiger partial charge in [-0.1, -0.05) is 32.9 Å². The number of rotatable bonds is 15. The number of carbonyl (C=O) groups excluding carboxylic acids is 2. The van der Waals surface area contributed by atoms with Gasteiger partial charge in [0.15, 0.2) is 0 Å². The topological polar surface area (TPSA) is 133 Å². The van der Waals surface area contributed by atoms with Crippen molar-refractivity contribution < 1.29 is 36.3 Å². The van der Waals surface area contributed by atoms with Crippen LogP contribution >= 0.6 is 11.3 Å². The molecule has 258 valence electrons. The predicted molar refractivity (Wildman–Crippen MR) is 176 cm³/mol. The van der Waals surface area contributed by atoms with Gasteiger partial charge in [-0.05, 0) is 55.5 Å². The van der Waals surface area contributed by atoms with Crippen molar-refractivity contribution in [2.75, 3.05) is 20.3 Å². The Morgan fingerprint density at radius 1 is 1.08 bits per heavy atom. The molecule has 1 N–H and O–H groups in total. The van der Waals surface area contributed by atoms with E-state index < -0.39 is 54.9 Å². The first kappa shape index (κ1) is 36.6. The maximum Gasteiger partial charge on any atom is 0.267 e. The van der Waals surface area contributed by atoms with Crippen LogP contribution in [0, 0.1) is 11.6 Å². The molecule has 0 aliphatic carbocycles. The molecule has 11 nitrogen and oxygen atoms in total. The summed E-state index contributed by atoms with van der Waals surface area (Å²) in [5.41, 5.74) is -2.46. The summed E-state index contributed by atoms with van der Waals surface area (Å²) >= 11 is 1.19. The van der Waals surface area contributed by atoms with Crippen molar-refractivity contribution in [1.29, 1.82) is 0 Å². The van der Waals surface area contributed by atoms with Gasteiger partial charge >= 0.3 is 0 Å². The zero-order valence-corrected chi connectivity index (χ0v) is 29.0. The van der Waals surface area contributed by atoms with Crippen molar-refractivity contribution in [2.45, 2.75) is 69.5 Å². The van der Waals surface area contributed by atoms with Crippen molar-refractivity contribution in [3.05, 3.63) is 94.2 Å².